The molecule has 0 aliphatic rings. The van der Waals surface area contributed by atoms with Crippen LogP contribution in [0.3, 0.4) is 0 Å². The Balaban J connectivity index is 1.45. The van der Waals surface area contributed by atoms with Crippen molar-refractivity contribution in [1.82, 2.24) is 5.32 Å². The van der Waals surface area contributed by atoms with Crippen LogP contribution < -0.4 is 10.1 Å². The van der Waals surface area contributed by atoms with E-state index in [1.54, 1.807) is 13.0 Å². The van der Waals surface area contributed by atoms with Crippen LogP contribution in [0.25, 0.3) is 10.1 Å². The molecule has 0 saturated carbocycles. The molecular weight excluding hydrogens is 477 g/mol. The largest absolute Gasteiger partial charge is 0.489 e. The summed E-state index contributed by atoms with van der Waals surface area (Å²) in [6.07, 6.45) is 0.909. The number of fused-ring (bicyclic) bond motifs is 1. The minimum atomic E-state index is -3.45. The number of aliphatic carboxylic acids is 1. The summed E-state index contributed by atoms with van der Waals surface area (Å²) in [5, 5.41) is 12.7. The Morgan fingerprint density at radius 3 is 2.68 bits per heavy atom. The molecule has 3 aromatic rings. The van der Waals surface area contributed by atoms with E-state index in [1.165, 1.54) is 23.5 Å². The number of carboxylic acids is 1. The molecule has 1 unspecified atom stereocenters. The molecule has 0 aliphatic heterocycles. The Morgan fingerprint density at radius 1 is 1.21 bits per heavy atom. The smallest absolute Gasteiger partial charge is 0.303 e. The SMILES string of the molecule is Cc1cc(OC(C)CNCCCS(=O)(=O)c2sc3ccc(F)cc3c2C)ccc1CCC(=O)O. The Hall–Kier alpha value is -2.49. The van der Waals surface area contributed by atoms with Crippen molar-refractivity contribution in [2.75, 3.05) is 18.8 Å². The van der Waals surface area contributed by atoms with Crippen molar-refractivity contribution in [2.45, 2.75) is 50.3 Å². The number of halogens is 1. The van der Waals surface area contributed by atoms with E-state index in [-0.39, 0.29) is 24.1 Å². The minimum Gasteiger partial charge on any atom is -0.489 e. The Labute approximate surface area is 203 Å². The van der Waals surface area contributed by atoms with E-state index in [4.69, 9.17) is 9.84 Å². The fraction of sp³-hybridized carbons (Fsp3) is 0.400. The van der Waals surface area contributed by atoms with Gasteiger partial charge in [-0.1, -0.05) is 6.07 Å². The second-order valence-corrected chi connectivity index (χ2v) is 11.8. The summed E-state index contributed by atoms with van der Waals surface area (Å²) >= 11 is 1.19. The predicted molar refractivity (Wildman–Crippen MR) is 133 cm³/mol. The van der Waals surface area contributed by atoms with Gasteiger partial charge < -0.3 is 15.2 Å². The van der Waals surface area contributed by atoms with E-state index in [0.717, 1.165) is 15.8 Å². The van der Waals surface area contributed by atoms with Crippen LogP contribution in [0.5, 0.6) is 5.75 Å². The number of hydrogen-bond donors (Lipinski definition) is 2. The van der Waals surface area contributed by atoms with E-state index in [0.29, 0.717) is 46.8 Å². The standard InChI is InChI=1S/C25H30FNO5S2/c1-16-13-21(8-5-19(16)6-10-24(28)29)32-17(2)15-27-11-4-12-34(30,31)25-18(3)22-14-20(26)7-9-23(22)33-25/h5,7-9,13-14,17,27H,4,6,10-12,15H2,1-3H3,(H,28,29). The average Bonchev–Trinajstić information content (AvgIpc) is 3.09. The van der Waals surface area contributed by atoms with E-state index in [2.05, 4.69) is 5.32 Å². The number of carboxylic acid groups (broad SMARTS) is 1. The molecule has 0 saturated heterocycles. The molecule has 2 aromatic carbocycles. The number of sulfone groups is 1. The first kappa shape index (κ1) is 26.1. The van der Waals surface area contributed by atoms with Gasteiger partial charge in [0.2, 0.25) is 0 Å². The Morgan fingerprint density at radius 2 is 1.97 bits per heavy atom. The van der Waals surface area contributed by atoms with Crippen LogP contribution in [0, 0.1) is 19.7 Å². The number of hydrogen-bond acceptors (Lipinski definition) is 6. The number of rotatable bonds is 12. The van der Waals surface area contributed by atoms with E-state index in [9.17, 15) is 17.6 Å². The summed E-state index contributed by atoms with van der Waals surface area (Å²) in [6.45, 7) is 6.67. The van der Waals surface area contributed by atoms with Crippen LogP contribution in [-0.4, -0.2) is 44.4 Å². The van der Waals surface area contributed by atoms with Crippen LogP contribution in [0.15, 0.2) is 40.6 Å². The van der Waals surface area contributed by atoms with Gasteiger partial charge in [0.15, 0.2) is 9.84 Å². The first-order valence-corrected chi connectivity index (χ1v) is 13.6. The number of carbonyl (C=O) groups is 1. The van der Waals surface area contributed by atoms with Gasteiger partial charge >= 0.3 is 5.97 Å². The summed E-state index contributed by atoms with van der Waals surface area (Å²) in [5.41, 5.74) is 2.59. The lowest BCUT2D eigenvalue weighted by atomic mass is 10.0. The monoisotopic (exact) mass is 507 g/mol. The minimum absolute atomic E-state index is 0.0163. The Kier molecular flexibility index (Phi) is 8.67. The molecule has 3 rings (SSSR count). The molecule has 0 radical (unpaired) electrons. The van der Waals surface area contributed by atoms with E-state index >= 15 is 0 Å². The lowest BCUT2D eigenvalue weighted by Gasteiger charge is -2.17. The zero-order valence-corrected chi connectivity index (χ0v) is 21.2. The number of thiophene rings is 1. The molecule has 0 amide bonds. The van der Waals surface area contributed by atoms with Gasteiger partial charge in [-0.2, -0.15) is 0 Å². The third-order valence-corrected chi connectivity index (χ3v) is 9.37. The zero-order valence-electron chi connectivity index (χ0n) is 19.6. The lowest BCUT2D eigenvalue weighted by molar-refractivity contribution is -0.136. The molecule has 2 N–H and O–H groups in total. The Bertz CT molecular complexity index is 1270. The van der Waals surface area contributed by atoms with Crippen molar-refractivity contribution in [2.24, 2.45) is 0 Å². The maximum Gasteiger partial charge on any atom is 0.303 e. The summed E-state index contributed by atoms with van der Waals surface area (Å²) in [6, 6.07) is 9.98. The maximum absolute atomic E-state index is 13.5. The van der Waals surface area contributed by atoms with Gasteiger partial charge in [0.05, 0.1) is 5.75 Å². The van der Waals surface area contributed by atoms with Crippen molar-refractivity contribution in [3.63, 3.8) is 0 Å². The van der Waals surface area contributed by atoms with Crippen molar-refractivity contribution < 1.29 is 27.4 Å². The number of nitrogens with one attached hydrogen (secondary N) is 1. The molecule has 0 spiro atoms. The highest BCUT2D eigenvalue weighted by Gasteiger charge is 2.21. The third-order valence-electron chi connectivity index (χ3n) is 5.59. The van der Waals surface area contributed by atoms with Gasteiger partial charge in [-0.3, -0.25) is 4.79 Å². The van der Waals surface area contributed by atoms with Gasteiger partial charge in [-0.25, -0.2) is 12.8 Å². The second kappa shape index (κ2) is 11.3. The van der Waals surface area contributed by atoms with Crippen LogP contribution in [-0.2, 0) is 21.1 Å². The van der Waals surface area contributed by atoms with E-state index < -0.39 is 15.8 Å². The van der Waals surface area contributed by atoms with Gasteiger partial charge in [0.1, 0.15) is 21.9 Å². The third kappa shape index (κ3) is 6.77. The average molecular weight is 508 g/mol. The lowest BCUT2D eigenvalue weighted by Crippen LogP contribution is -2.30. The van der Waals surface area contributed by atoms with Gasteiger partial charge in [0.25, 0.3) is 0 Å². The van der Waals surface area contributed by atoms with Crippen LogP contribution in [0.2, 0.25) is 0 Å². The first-order chi connectivity index (χ1) is 16.1. The second-order valence-electron chi connectivity index (χ2n) is 8.44. The van der Waals surface area contributed by atoms with Crippen molar-refractivity contribution in [3.8, 4) is 5.75 Å². The van der Waals surface area contributed by atoms with Crippen molar-refractivity contribution in [1.29, 1.82) is 0 Å². The topological polar surface area (TPSA) is 92.7 Å². The van der Waals surface area contributed by atoms with E-state index in [1.807, 2.05) is 32.0 Å². The molecule has 1 heterocycles. The fourth-order valence-corrected chi connectivity index (χ4v) is 7.02. The highest BCUT2D eigenvalue weighted by atomic mass is 32.2. The molecule has 1 aromatic heterocycles. The first-order valence-electron chi connectivity index (χ1n) is 11.2. The zero-order chi connectivity index (χ0) is 24.9. The predicted octanol–water partition coefficient (Wildman–Crippen LogP) is 4.90. The summed E-state index contributed by atoms with van der Waals surface area (Å²) in [5.74, 6) is -0.462. The summed E-state index contributed by atoms with van der Waals surface area (Å²) in [7, 11) is -3.45. The number of ether oxygens (including phenoxy) is 1. The normalized spacial score (nSPS) is 12.7. The molecule has 1 atom stereocenters. The molecule has 0 fully saturated rings. The molecule has 184 valence electrons. The molecule has 34 heavy (non-hydrogen) atoms. The fourth-order valence-electron chi connectivity index (χ4n) is 3.79. The van der Waals surface area contributed by atoms with Crippen LogP contribution in [0.4, 0.5) is 4.39 Å². The molecule has 0 bridgehead atoms. The molecular formula is C25H30FNO5S2. The maximum atomic E-state index is 13.5. The molecule has 0 aliphatic carbocycles. The molecule has 6 nitrogen and oxygen atoms in total. The van der Waals surface area contributed by atoms with Gasteiger partial charge in [-0.15, -0.1) is 11.3 Å². The van der Waals surface area contributed by atoms with Crippen molar-refractivity contribution in [3.05, 3.63) is 58.9 Å². The summed E-state index contributed by atoms with van der Waals surface area (Å²) < 4.78 is 46.2. The number of benzene rings is 2. The van der Waals surface area contributed by atoms with Gasteiger partial charge in [0, 0.05) is 17.7 Å². The van der Waals surface area contributed by atoms with Gasteiger partial charge in [-0.05, 0) is 92.6 Å². The quantitative estimate of drug-likeness (QED) is 0.339. The highest BCUT2D eigenvalue weighted by molar-refractivity contribution is 7.93. The summed E-state index contributed by atoms with van der Waals surface area (Å²) in [4.78, 5) is 10.8. The van der Waals surface area contributed by atoms with Crippen molar-refractivity contribution >= 4 is 37.2 Å². The van der Waals surface area contributed by atoms with Crippen LogP contribution in [0.1, 0.15) is 36.5 Å². The van der Waals surface area contributed by atoms with Crippen LogP contribution >= 0.6 is 11.3 Å². The molecule has 9 heteroatoms. The highest BCUT2D eigenvalue weighted by Crippen LogP contribution is 2.35. The number of aryl methyl sites for hydroxylation is 3.